The van der Waals surface area contributed by atoms with Crippen molar-refractivity contribution < 1.29 is 0 Å². The van der Waals surface area contributed by atoms with Crippen LogP contribution in [0.2, 0.25) is 0 Å². The maximum atomic E-state index is 5.78. The number of benzene rings is 1. The lowest BCUT2D eigenvalue weighted by Crippen LogP contribution is -2.36. The zero-order valence-electron chi connectivity index (χ0n) is 9.72. The number of aromatic nitrogens is 2. The highest BCUT2D eigenvalue weighted by molar-refractivity contribution is 5.59. The number of hydrogen-bond donors (Lipinski definition) is 1. The van der Waals surface area contributed by atoms with E-state index < -0.39 is 0 Å². The van der Waals surface area contributed by atoms with Gasteiger partial charge in [-0.1, -0.05) is 30.3 Å². The normalized spacial score (nSPS) is 11.7. The predicted octanol–water partition coefficient (Wildman–Crippen LogP) is 2.24. The maximum Gasteiger partial charge on any atom is 0.0700 e. The molecule has 1 heterocycles. The van der Waals surface area contributed by atoms with Crippen LogP contribution in [0.25, 0.3) is 11.3 Å². The third-order valence-corrected chi connectivity index (χ3v) is 2.79. The molecule has 0 saturated heterocycles. The fourth-order valence-corrected chi connectivity index (χ4v) is 1.70. The van der Waals surface area contributed by atoms with Crippen molar-refractivity contribution in [1.82, 2.24) is 9.78 Å². The molecule has 3 heteroatoms. The van der Waals surface area contributed by atoms with E-state index in [1.807, 2.05) is 35.1 Å². The lowest BCUT2D eigenvalue weighted by atomic mass is 10.0. The summed E-state index contributed by atoms with van der Waals surface area (Å²) in [5.41, 5.74) is 7.90. The van der Waals surface area contributed by atoms with E-state index in [0.717, 1.165) is 5.69 Å². The van der Waals surface area contributed by atoms with E-state index in [-0.39, 0.29) is 5.54 Å². The molecular weight excluding hydrogens is 198 g/mol. The van der Waals surface area contributed by atoms with Crippen LogP contribution in [0.15, 0.2) is 42.6 Å². The molecule has 0 bridgehead atoms. The van der Waals surface area contributed by atoms with Crippen molar-refractivity contribution in [1.29, 1.82) is 0 Å². The van der Waals surface area contributed by atoms with Crippen LogP contribution in [0.5, 0.6) is 0 Å². The molecule has 0 aliphatic heterocycles. The van der Waals surface area contributed by atoms with Gasteiger partial charge in [-0.25, -0.2) is 0 Å². The molecule has 0 aliphatic carbocycles. The molecule has 2 N–H and O–H groups in total. The molecule has 0 fully saturated rings. The largest absolute Gasteiger partial charge is 0.328 e. The van der Waals surface area contributed by atoms with E-state index in [9.17, 15) is 0 Å². The van der Waals surface area contributed by atoms with Gasteiger partial charge in [-0.2, -0.15) is 5.10 Å². The van der Waals surface area contributed by atoms with Crippen LogP contribution in [0, 0.1) is 0 Å². The van der Waals surface area contributed by atoms with Crippen molar-refractivity contribution in [3.63, 3.8) is 0 Å². The molecule has 0 spiro atoms. The minimum Gasteiger partial charge on any atom is -0.328 e. The van der Waals surface area contributed by atoms with Crippen molar-refractivity contribution in [2.45, 2.75) is 19.4 Å². The molecule has 16 heavy (non-hydrogen) atoms. The zero-order valence-corrected chi connectivity index (χ0v) is 9.72. The molecule has 1 aromatic heterocycles. The third kappa shape index (κ3) is 1.86. The second-order valence-corrected chi connectivity index (χ2v) is 4.51. The Morgan fingerprint density at radius 2 is 1.88 bits per heavy atom. The van der Waals surface area contributed by atoms with Crippen molar-refractivity contribution >= 4 is 0 Å². The van der Waals surface area contributed by atoms with Crippen LogP contribution >= 0.6 is 0 Å². The van der Waals surface area contributed by atoms with Crippen molar-refractivity contribution in [3.8, 4) is 11.3 Å². The van der Waals surface area contributed by atoms with Gasteiger partial charge in [-0.3, -0.25) is 4.68 Å². The molecule has 0 amide bonds. The highest BCUT2D eigenvalue weighted by Gasteiger charge is 2.21. The average Bonchev–Trinajstić information content (AvgIpc) is 2.80. The second kappa shape index (κ2) is 4.10. The molecule has 84 valence electrons. The van der Waals surface area contributed by atoms with E-state index in [0.29, 0.717) is 6.54 Å². The predicted molar refractivity (Wildman–Crippen MR) is 66.0 cm³/mol. The molecule has 1 aromatic carbocycles. The number of rotatable bonds is 3. The third-order valence-electron chi connectivity index (χ3n) is 2.79. The first kappa shape index (κ1) is 10.9. The molecule has 0 saturated carbocycles. The number of nitrogens with zero attached hydrogens (tertiary/aromatic N) is 2. The van der Waals surface area contributed by atoms with E-state index in [2.05, 4.69) is 31.1 Å². The fourth-order valence-electron chi connectivity index (χ4n) is 1.70. The minimum absolute atomic E-state index is 0.158. The van der Waals surface area contributed by atoms with Crippen LogP contribution in [0.1, 0.15) is 13.8 Å². The minimum atomic E-state index is -0.158. The quantitative estimate of drug-likeness (QED) is 0.853. The Morgan fingerprint density at radius 3 is 2.50 bits per heavy atom. The Balaban J connectivity index is 2.49. The smallest absolute Gasteiger partial charge is 0.0700 e. The molecule has 3 nitrogen and oxygen atoms in total. The van der Waals surface area contributed by atoms with E-state index in [1.165, 1.54) is 5.56 Å². The number of nitrogens with two attached hydrogens (primary N) is 1. The Kier molecular flexibility index (Phi) is 2.79. The van der Waals surface area contributed by atoms with Gasteiger partial charge in [0.15, 0.2) is 0 Å². The summed E-state index contributed by atoms with van der Waals surface area (Å²) >= 11 is 0. The van der Waals surface area contributed by atoms with E-state index in [1.54, 1.807) is 0 Å². The number of hydrogen-bond acceptors (Lipinski definition) is 2. The maximum absolute atomic E-state index is 5.78. The van der Waals surface area contributed by atoms with Gasteiger partial charge in [0.2, 0.25) is 0 Å². The molecule has 0 unspecified atom stereocenters. The monoisotopic (exact) mass is 215 g/mol. The SMILES string of the molecule is CC(C)(CN)n1nccc1-c1ccccc1. The molecule has 0 atom stereocenters. The summed E-state index contributed by atoms with van der Waals surface area (Å²) in [6.07, 6.45) is 1.82. The van der Waals surface area contributed by atoms with Gasteiger partial charge < -0.3 is 5.73 Å². The van der Waals surface area contributed by atoms with Crippen LogP contribution in [0.4, 0.5) is 0 Å². The molecular formula is C13H17N3. The summed E-state index contributed by atoms with van der Waals surface area (Å²) in [7, 11) is 0. The van der Waals surface area contributed by atoms with Crippen LogP contribution in [0.3, 0.4) is 0 Å². The summed E-state index contributed by atoms with van der Waals surface area (Å²) in [4.78, 5) is 0. The Labute approximate surface area is 95.9 Å². The van der Waals surface area contributed by atoms with Crippen LogP contribution in [-0.2, 0) is 5.54 Å². The Morgan fingerprint density at radius 1 is 1.19 bits per heavy atom. The topological polar surface area (TPSA) is 43.8 Å². The molecule has 2 rings (SSSR count). The van der Waals surface area contributed by atoms with Crippen LogP contribution in [-0.4, -0.2) is 16.3 Å². The van der Waals surface area contributed by atoms with Gasteiger partial charge in [0, 0.05) is 12.7 Å². The lowest BCUT2D eigenvalue weighted by Gasteiger charge is -2.25. The second-order valence-electron chi connectivity index (χ2n) is 4.51. The highest BCUT2D eigenvalue weighted by atomic mass is 15.3. The summed E-state index contributed by atoms with van der Waals surface area (Å²) in [6, 6.07) is 12.3. The summed E-state index contributed by atoms with van der Waals surface area (Å²) in [5, 5.41) is 4.37. The summed E-state index contributed by atoms with van der Waals surface area (Å²) < 4.78 is 1.99. The summed E-state index contributed by atoms with van der Waals surface area (Å²) in [6.45, 7) is 4.74. The molecule has 2 aromatic rings. The zero-order chi connectivity index (χ0) is 11.6. The first-order chi connectivity index (χ1) is 7.65. The average molecular weight is 215 g/mol. The lowest BCUT2D eigenvalue weighted by molar-refractivity contribution is 0.334. The van der Waals surface area contributed by atoms with Gasteiger partial charge >= 0.3 is 0 Å². The Hall–Kier alpha value is -1.61. The van der Waals surface area contributed by atoms with Gasteiger partial charge in [0.25, 0.3) is 0 Å². The Bertz CT molecular complexity index is 457. The molecule has 0 aliphatic rings. The fraction of sp³-hybridized carbons (Fsp3) is 0.308. The van der Waals surface area contributed by atoms with Gasteiger partial charge in [-0.05, 0) is 25.5 Å². The first-order valence-electron chi connectivity index (χ1n) is 5.45. The van der Waals surface area contributed by atoms with Gasteiger partial charge in [0.1, 0.15) is 0 Å². The van der Waals surface area contributed by atoms with Crippen molar-refractivity contribution in [2.24, 2.45) is 5.73 Å². The summed E-state index contributed by atoms with van der Waals surface area (Å²) in [5.74, 6) is 0. The van der Waals surface area contributed by atoms with Crippen molar-refractivity contribution in [3.05, 3.63) is 42.6 Å². The highest BCUT2D eigenvalue weighted by Crippen LogP contribution is 2.24. The van der Waals surface area contributed by atoms with Crippen molar-refractivity contribution in [2.75, 3.05) is 6.54 Å². The first-order valence-corrected chi connectivity index (χ1v) is 5.45. The van der Waals surface area contributed by atoms with E-state index in [4.69, 9.17) is 5.73 Å². The standard InChI is InChI=1S/C13H17N3/c1-13(2,10-14)16-12(8-9-15-16)11-6-4-3-5-7-11/h3-9H,10,14H2,1-2H3. The van der Waals surface area contributed by atoms with Gasteiger partial charge in [0.05, 0.1) is 11.2 Å². The van der Waals surface area contributed by atoms with Gasteiger partial charge in [-0.15, -0.1) is 0 Å². The van der Waals surface area contributed by atoms with E-state index >= 15 is 0 Å². The van der Waals surface area contributed by atoms with Crippen LogP contribution < -0.4 is 5.73 Å². The molecule has 0 radical (unpaired) electrons.